The van der Waals surface area contributed by atoms with Crippen LogP contribution >= 0.6 is 0 Å². The third kappa shape index (κ3) is 1.54. The van der Waals surface area contributed by atoms with Crippen molar-refractivity contribution in [3.05, 3.63) is 11.6 Å². The largest absolute Gasteiger partial charge is 0.393 e. The number of aliphatic hydroxyl groups is 1. The fraction of sp³-hybridized carbons (Fsp3) is 0.900. The molecule has 22 heavy (non-hydrogen) atoms. The van der Waals surface area contributed by atoms with Gasteiger partial charge in [0.2, 0.25) is 0 Å². The number of aliphatic hydroxyl groups excluding tert-OH is 1. The van der Waals surface area contributed by atoms with Crippen LogP contribution in [0.2, 0.25) is 0 Å². The molecule has 1 saturated heterocycles. The fourth-order valence-electron chi connectivity index (χ4n) is 7.30. The average Bonchev–Trinajstić information content (AvgIpc) is 3.22. The summed E-state index contributed by atoms with van der Waals surface area (Å²) in [6.07, 6.45) is 12.3. The highest BCUT2D eigenvalue weighted by Crippen LogP contribution is 2.70. The van der Waals surface area contributed by atoms with E-state index in [2.05, 4.69) is 19.9 Å². The molecule has 1 heterocycles. The third-order valence-electron chi connectivity index (χ3n) is 8.86. The first-order valence-corrected chi connectivity index (χ1v) is 9.50. The lowest BCUT2D eigenvalue weighted by Crippen LogP contribution is -2.51. The number of allylic oxidation sites excluding steroid dienone is 1. The monoisotopic (exact) mass is 302 g/mol. The van der Waals surface area contributed by atoms with Crippen LogP contribution in [-0.4, -0.2) is 23.4 Å². The predicted octanol–water partition coefficient (Wildman–Crippen LogP) is 4.08. The van der Waals surface area contributed by atoms with E-state index in [9.17, 15) is 5.11 Å². The molecular formula is C20H30O2. The van der Waals surface area contributed by atoms with Crippen molar-refractivity contribution >= 4 is 0 Å². The van der Waals surface area contributed by atoms with E-state index in [-0.39, 0.29) is 11.7 Å². The maximum Gasteiger partial charge on any atom is 0.0972 e. The topological polar surface area (TPSA) is 32.8 Å². The predicted molar refractivity (Wildman–Crippen MR) is 86.4 cm³/mol. The second kappa shape index (κ2) is 4.19. The Labute approximate surface area is 134 Å². The molecule has 3 saturated carbocycles. The molecule has 1 spiro atoms. The van der Waals surface area contributed by atoms with Gasteiger partial charge in [0.1, 0.15) is 0 Å². The lowest BCUT2D eigenvalue weighted by molar-refractivity contribution is -0.0556. The maximum atomic E-state index is 10.1. The summed E-state index contributed by atoms with van der Waals surface area (Å²) < 4.78 is 6.01. The number of rotatable bonds is 0. The molecule has 0 aromatic carbocycles. The molecule has 122 valence electrons. The van der Waals surface area contributed by atoms with Crippen molar-refractivity contribution in [3.63, 3.8) is 0 Å². The molecule has 2 nitrogen and oxygen atoms in total. The molecule has 0 radical (unpaired) electrons. The summed E-state index contributed by atoms with van der Waals surface area (Å²) >= 11 is 0. The van der Waals surface area contributed by atoms with Crippen molar-refractivity contribution in [2.24, 2.45) is 28.6 Å². The van der Waals surface area contributed by atoms with Crippen molar-refractivity contribution < 1.29 is 9.84 Å². The summed E-state index contributed by atoms with van der Waals surface area (Å²) in [5.41, 5.74) is 2.69. The Morgan fingerprint density at radius 3 is 2.64 bits per heavy atom. The van der Waals surface area contributed by atoms with E-state index in [0.29, 0.717) is 10.8 Å². The summed E-state index contributed by atoms with van der Waals surface area (Å²) in [7, 11) is 0. The molecule has 2 heteroatoms. The zero-order valence-electron chi connectivity index (χ0n) is 14.1. The van der Waals surface area contributed by atoms with E-state index in [0.717, 1.165) is 37.2 Å². The van der Waals surface area contributed by atoms with Gasteiger partial charge in [0.25, 0.3) is 0 Å². The van der Waals surface area contributed by atoms with Crippen LogP contribution < -0.4 is 0 Å². The van der Waals surface area contributed by atoms with E-state index >= 15 is 0 Å². The average molecular weight is 302 g/mol. The Morgan fingerprint density at radius 1 is 1.09 bits per heavy atom. The molecule has 1 aliphatic heterocycles. The maximum absolute atomic E-state index is 10.1. The van der Waals surface area contributed by atoms with Gasteiger partial charge in [-0.1, -0.05) is 25.5 Å². The second-order valence-electron chi connectivity index (χ2n) is 9.43. The minimum atomic E-state index is -0.0839. The Morgan fingerprint density at radius 2 is 1.86 bits per heavy atom. The van der Waals surface area contributed by atoms with E-state index in [1.54, 1.807) is 5.57 Å². The lowest BCUT2D eigenvalue weighted by Gasteiger charge is -2.57. The summed E-state index contributed by atoms with van der Waals surface area (Å²) in [5.74, 6) is 2.59. The lowest BCUT2D eigenvalue weighted by atomic mass is 9.47. The molecule has 7 atom stereocenters. The van der Waals surface area contributed by atoms with E-state index < -0.39 is 0 Å². The van der Waals surface area contributed by atoms with Crippen LogP contribution in [0.25, 0.3) is 0 Å². The van der Waals surface area contributed by atoms with Gasteiger partial charge in [0, 0.05) is 5.41 Å². The zero-order valence-corrected chi connectivity index (χ0v) is 14.1. The molecule has 0 aromatic heterocycles. The van der Waals surface area contributed by atoms with E-state index in [1.165, 1.54) is 38.5 Å². The Balaban J connectivity index is 1.51. The van der Waals surface area contributed by atoms with Crippen LogP contribution in [0.4, 0.5) is 0 Å². The van der Waals surface area contributed by atoms with Crippen LogP contribution in [-0.2, 0) is 4.74 Å². The summed E-state index contributed by atoms with van der Waals surface area (Å²) in [4.78, 5) is 0. The van der Waals surface area contributed by atoms with Gasteiger partial charge in [0.05, 0.1) is 18.3 Å². The number of fused-ring (bicyclic) bond motifs is 6. The first kappa shape index (κ1) is 14.0. The van der Waals surface area contributed by atoms with Gasteiger partial charge in [-0.05, 0) is 74.5 Å². The molecule has 5 aliphatic rings. The Bertz CT molecular complexity index is 534. The van der Waals surface area contributed by atoms with Crippen LogP contribution in [0, 0.1) is 28.6 Å². The first-order valence-electron chi connectivity index (χ1n) is 9.50. The molecule has 2 unspecified atom stereocenters. The van der Waals surface area contributed by atoms with E-state index in [4.69, 9.17) is 4.74 Å². The highest BCUT2D eigenvalue weighted by atomic mass is 16.6. The first-order chi connectivity index (χ1) is 10.5. The molecule has 5 rings (SSSR count). The Kier molecular flexibility index (Phi) is 2.67. The molecule has 4 fully saturated rings. The second-order valence-corrected chi connectivity index (χ2v) is 9.43. The van der Waals surface area contributed by atoms with Gasteiger partial charge in [0.15, 0.2) is 0 Å². The molecule has 1 N–H and O–H groups in total. The van der Waals surface area contributed by atoms with Crippen molar-refractivity contribution in [2.45, 2.75) is 76.9 Å². The van der Waals surface area contributed by atoms with Crippen molar-refractivity contribution in [3.8, 4) is 0 Å². The van der Waals surface area contributed by atoms with Crippen LogP contribution in [0.5, 0.6) is 0 Å². The van der Waals surface area contributed by atoms with Gasteiger partial charge in [-0.2, -0.15) is 0 Å². The highest BCUT2D eigenvalue weighted by Gasteiger charge is 2.69. The number of ether oxygens (including phenoxy) is 1. The normalized spacial score (nSPS) is 59.5. The molecule has 0 amide bonds. The standard InChI is InChI=1S/C20H30O2/c1-18-8-5-14(21)11-13(18)3-4-15-16(18)6-9-19(2)17(15)7-10-20(19)12-22-20/h3,14-17,21H,4-12H2,1-2H3/t14?,15-,16+,17+,18+,19+,20?/m1/s1. The van der Waals surface area contributed by atoms with Gasteiger partial charge in [-0.3, -0.25) is 0 Å². The van der Waals surface area contributed by atoms with Crippen LogP contribution in [0.3, 0.4) is 0 Å². The fourth-order valence-corrected chi connectivity index (χ4v) is 7.30. The van der Waals surface area contributed by atoms with Gasteiger partial charge < -0.3 is 9.84 Å². The molecule has 0 aromatic rings. The smallest absolute Gasteiger partial charge is 0.0972 e. The Hall–Kier alpha value is -0.340. The number of hydrogen-bond acceptors (Lipinski definition) is 2. The molecular weight excluding hydrogens is 272 g/mol. The SMILES string of the molecule is C[C@]12CCC(O)CC1=CC[C@@H]1[C@@H]2CC[C@@]2(C)[C@H]1CCC21CO1. The third-order valence-corrected chi connectivity index (χ3v) is 8.86. The highest BCUT2D eigenvalue weighted by molar-refractivity contribution is 5.27. The minimum absolute atomic E-state index is 0.0839. The van der Waals surface area contributed by atoms with E-state index in [1.807, 2.05) is 0 Å². The van der Waals surface area contributed by atoms with Crippen molar-refractivity contribution in [2.75, 3.05) is 6.61 Å². The van der Waals surface area contributed by atoms with Crippen molar-refractivity contribution in [1.82, 2.24) is 0 Å². The number of hydrogen-bond donors (Lipinski definition) is 1. The zero-order chi connectivity index (χ0) is 15.2. The van der Waals surface area contributed by atoms with Gasteiger partial charge >= 0.3 is 0 Å². The summed E-state index contributed by atoms with van der Waals surface area (Å²) in [6, 6.07) is 0. The van der Waals surface area contributed by atoms with Crippen LogP contribution in [0.1, 0.15) is 65.2 Å². The van der Waals surface area contributed by atoms with Crippen molar-refractivity contribution in [1.29, 1.82) is 0 Å². The minimum Gasteiger partial charge on any atom is -0.393 e. The molecule has 0 bridgehead atoms. The quantitative estimate of drug-likeness (QED) is 0.540. The van der Waals surface area contributed by atoms with Crippen LogP contribution in [0.15, 0.2) is 11.6 Å². The van der Waals surface area contributed by atoms with Gasteiger partial charge in [-0.15, -0.1) is 0 Å². The number of epoxide rings is 1. The summed E-state index contributed by atoms with van der Waals surface area (Å²) in [5, 5.41) is 10.1. The van der Waals surface area contributed by atoms with Gasteiger partial charge in [-0.25, -0.2) is 0 Å². The summed E-state index contributed by atoms with van der Waals surface area (Å²) in [6.45, 7) is 6.09. The molecule has 4 aliphatic carbocycles.